The van der Waals surface area contributed by atoms with Gasteiger partial charge >= 0.3 is 5.97 Å². The molecule has 0 aromatic rings. The molecule has 0 aromatic heterocycles. The van der Waals surface area contributed by atoms with Crippen LogP contribution in [0.5, 0.6) is 0 Å². The van der Waals surface area contributed by atoms with Crippen LogP contribution in [0.4, 0.5) is 0 Å². The number of epoxide rings is 1. The van der Waals surface area contributed by atoms with Gasteiger partial charge in [0.15, 0.2) is 5.78 Å². The Bertz CT molecular complexity index is 981. The molecular weight excluding hydrogens is 416 g/mol. The van der Waals surface area contributed by atoms with E-state index in [0.717, 1.165) is 43.3 Å². The van der Waals surface area contributed by atoms with Gasteiger partial charge in [-0.1, -0.05) is 19.4 Å². The molecule has 2 heterocycles. The summed E-state index contributed by atoms with van der Waals surface area (Å²) in [5.41, 5.74) is 0.798. The molecule has 6 aliphatic rings. The van der Waals surface area contributed by atoms with Gasteiger partial charge in [-0.05, 0) is 100 Å². The van der Waals surface area contributed by atoms with Crippen LogP contribution in [0.15, 0.2) is 23.3 Å². The van der Waals surface area contributed by atoms with Crippen molar-refractivity contribution in [3.8, 4) is 0 Å². The average molecular weight is 455 g/mol. The molecule has 11 atom stereocenters. The van der Waals surface area contributed by atoms with Gasteiger partial charge < -0.3 is 14.6 Å². The average Bonchev–Trinajstić information content (AvgIpc) is 3.41. The highest BCUT2D eigenvalue weighted by Crippen LogP contribution is 2.73. The van der Waals surface area contributed by atoms with Crippen molar-refractivity contribution in [3.05, 3.63) is 23.3 Å². The number of ether oxygens (including phenoxy) is 2. The van der Waals surface area contributed by atoms with E-state index in [4.69, 9.17) is 9.47 Å². The van der Waals surface area contributed by atoms with Crippen molar-refractivity contribution in [2.45, 2.75) is 97.1 Å². The van der Waals surface area contributed by atoms with Gasteiger partial charge in [0.2, 0.25) is 0 Å². The van der Waals surface area contributed by atoms with Crippen LogP contribution in [0.3, 0.4) is 0 Å². The van der Waals surface area contributed by atoms with E-state index in [2.05, 4.69) is 27.7 Å². The third-order valence-electron chi connectivity index (χ3n) is 11.6. The maximum Gasteiger partial charge on any atom is 0.333 e. The third kappa shape index (κ3) is 2.56. The Balaban J connectivity index is 1.28. The Morgan fingerprint density at radius 2 is 1.88 bits per heavy atom. The van der Waals surface area contributed by atoms with Crippen LogP contribution in [-0.2, 0) is 19.1 Å². The number of aliphatic hydroxyl groups is 1. The fraction of sp³-hybridized carbons (Fsp3) is 0.786. The van der Waals surface area contributed by atoms with Crippen molar-refractivity contribution >= 4 is 11.8 Å². The molecule has 0 unspecified atom stereocenters. The molecule has 4 aliphatic carbocycles. The fourth-order valence-corrected chi connectivity index (χ4v) is 9.54. The Hall–Kier alpha value is -1.46. The number of rotatable bonds is 2. The minimum atomic E-state index is -0.697. The summed E-state index contributed by atoms with van der Waals surface area (Å²) < 4.78 is 12.2. The summed E-state index contributed by atoms with van der Waals surface area (Å²) in [6.07, 6.45) is 8.75. The van der Waals surface area contributed by atoms with E-state index in [1.54, 1.807) is 12.2 Å². The van der Waals surface area contributed by atoms with Gasteiger partial charge in [-0.15, -0.1) is 0 Å². The van der Waals surface area contributed by atoms with Gasteiger partial charge in [-0.25, -0.2) is 4.79 Å². The van der Waals surface area contributed by atoms with E-state index in [-0.39, 0.29) is 35.3 Å². The lowest BCUT2D eigenvalue weighted by Gasteiger charge is -2.58. The molecule has 0 amide bonds. The molecule has 0 radical (unpaired) electrons. The number of fused-ring (bicyclic) bond motifs is 4. The SMILES string of the molecule is CC1=C(C)C(=O)O[C@H]([C@H](C)[C@H]2CC[C@H]3[C@@H]4C[C@H]5O[C@@]56[C@@H](O)C=CC(=O)[C@]6(C)[C@H]4CC[C@]23C)C1. The number of allylic oxidation sites excluding steroid dienone is 1. The zero-order chi connectivity index (χ0) is 23.5. The summed E-state index contributed by atoms with van der Waals surface area (Å²) in [6.45, 7) is 10.8. The van der Waals surface area contributed by atoms with E-state index in [1.165, 1.54) is 6.42 Å². The van der Waals surface area contributed by atoms with Crippen molar-refractivity contribution in [1.82, 2.24) is 0 Å². The Labute approximate surface area is 197 Å². The summed E-state index contributed by atoms with van der Waals surface area (Å²) in [4.78, 5) is 25.7. The predicted octanol–water partition coefficient (Wildman–Crippen LogP) is 4.38. The number of ketones is 1. The predicted molar refractivity (Wildman–Crippen MR) is 123 cm³/mol. The molecule has 1 spiro atoms. The van der Waals surface area contributed by atoms with Crippen LogP contribution in [0.1, 0.15) is 73.1 Å². The smallest absolute Gasteiger partial charge is 0.333 e. The molecule has 3 saturated carbocycles. The molecule has 180 valence electrons. The number of aliphatic hydroxyl groups excluding tert-OH is 1. The molecular formula is C28H38O5. The highest BCUT2D eigenvalue weighted by atomic mass is 16.6. The molecule has 5 nitrogen and oxygen atoms in total. The van der Waals surface area contributed by atoms with Crippen molar-refractivity contribution < 1.29 is 24.2 Å². The van der Waals surface area contributed by atoms with Gasteiger partial charge in [-0.2, -0.15) is 0 Å². The zero-order valence-electron chi connectivity index (χ0n) is 20.6. The van der Waals surface area contributed by atoms with E-state index < -0.39 is 17.1 Å². The minimum absolute atomic E-state index is 0.0125. The normalized spacial score (nSPS) is 53.6. The summed E-state index contributed by atoms with van der Waals surface area (Å²) in [5.74, 6) is 2.09. The summed E-state index contributed by atoms with van der Waals surface area (Å²) >= 11 is 0. The van der Waals surface area contributed by atoms with Crippen molar-refractivity contribution in [1.29, 1.82) is 0 Å². The molecule has 2 aliphatic heterocycles. The van der Waals surface area contributed by atoms with Crippen molar-refractivity contribution in [3.63, 3.8) is 0 Å². The van der Waals surface area contributed by atoms with Crippen molar-refractivity contribution in [2.24, 2.45) is 40.4 Å². The third-order valence-corrected chi connectivity index (χ3v) is 11.6. The summed E-state index contributed by atoms with van der Waals surface area (Å²) in [6, 6.07) is 0. The number of hydrogen-bond donors (Lipinski definition) is 1. The lowest BCUT2D eigenvalue weighted by atomic mass is 9.44. The number of hydrogen-bond acceptors (Lipinski definition) is 5. The number of carbonyl (C=O) groups excluding carboxylic acids is 2. The van der Waals surface area contributed by atoms with Crippen LogP contribution >= 0.6 is 0 Å². The first kappa shape index (κ1) is 22.0. The first-order valence-corrected chi connectivity index (χ1v) is 13.0. The van der Waals surface area contributed by atoms with E-state index >= 15 is 0 Å². The minimum Gasteiger partial charge on any atom is -0.458 e. The van der Waals surface area contributed by atoms with Crippen LogP contribution in [-0.4, -0.2) is 40.8 Å². The van der Waals surface area contributed by atoms with Gasteiger partial charge in [0.1, 0.15) is 17.8 Å². The lowest BCUT2D eigenvalue weighted by molar-refractivity contribution is -0.155. The van der Waals surface area contributed by atoms with Gasteiger partial charge in [0.25, 0.3) is 0 Å². The quantitative estimate of drug-likeness (QED) is 0.495. The highest BCUT2D eigenvalue weighted by molar-refractivity contribution is 5.98. The van der Waals surface area contributed by atoms with Crippen LogP contribution in [0.25, 0.3) is 0 Å². The van der Waals surface area contributed by atoms with E-state index in [9.17, 15) is 14.7 Å². The Morgan fingerprint density at radius 3 is 2.61 bits per heavy atom. The largest absolute Gasteiger partial charge is 0.458 e. The molecule has 0 aromatic carbocycles. The lowest BCUT2D eigenvalue weighted by Crippen LogP contribution is -2.63. The van der Waals surface area contributed by atoms with Crippen LogP contribution < -0.4 is 0 Å². The van der Waals surface area contributed by atoms with Crippen LogP contribution in [0.2, 0.25) is 0 Å². The molecule has 1 N–H and O–H groups in total. The maximum atomic E-state index is 13.3. The number of cyclic esters (lactones) is 1. The number of carbonyl (C=O) groups is 2. The van der Waals surface area contributed by atoms with Gasteiger partial charge in [-0.3, -0.25) is 4.79 Å². The van der Waals surface area contributed by atoms with Gasteiger partial charge in [0.05, 0.1) is 11.5 Å². The first-order valence-electron chi connectivity index (χ1n) is 13.0. The molecule has 4 fully saturated rings. The molecule has 0 bridgehead atoms. The first-order chi connectivity index (χ1) is 15.6. The molecule has 5 heteroatoms. The van der Waals surface area contributed by atoms with E-state index in [1.807, 2.05) is 6.92 Å². The summed E-state index contributed by atoms with van der Waals surface area (Å²) in [7, 11) is 0. The fourth-order valence-electron chi connectivity index (χ4n) is 9.54. The topological polar surface area (TPSA) is 76.1 Å². The standard InChI is InChI=1S/C28H38O5/c1-14-12-21(32-25(31)15(14)2)16(3)18-6-7-19-17-13-24-28(33-24)23(30)9-8-22(29)27(28,5)20(17)10-11-26(18,19)4/h8-9,16-21,23-24,30H,6-7,10-13H2,1-5H3/t16-,17+,18-,19+,20+,21+,23+,24-,26-,27+,28+/m1/s1. The molecule has 6 rings (SSSR count). The Morgan fingerprint density at radius 1 is 1.12 bits per heavy atom. The summed E-state index contributed by atoms with van der Waals surface area (Å²) in [5, 5.41) is 10.8. The monoisotopic (exact) mass is 454 g/mol. The molecule has 33 heavy (non-hydrogen) atoms. The van der Waals surface area contributed by atoms with Crippen LogP contribution in [0, 0.1) is 40.4 Å². The highest BCUT2D eigenvalue weighted by Gasteiger charge is 2.80. The maximum absolute atomic E-state index is 13.3. The second-order valence-corrected chi connectivity index (χ2v) is 12.5. The zero-order valence-corrected chi connectivity index (χ0v) is 20.6. The Kier molecular flexibility index (Phi) is 4.55. The molecule has 1 saturated heterocycles. The second kappa shape index (κ2) is 6.81. The van der Waals surface area contributed by atoms with E-state index in [0.29, 0.717) is 23.7 Å². The number of esters is 1. The van der Waals surface area contributed by atoms with Gasteiger partial charge in [0, 0.05) is 12.0 Å². The van der Waals surface area contributed by atoms with Crippen molar-refractivity contribution in [2.75, 3.05) is 0 Å². The second-order valence-electron chi connectivity index (χ2n) is 12.5.